The Bertz CT molecular complexity index is 1790. The number of non-ortho nitro benzene ring substituents is 1. The van der Waals surface area contributed by atoms with E-state index in [1.807, 2.05) is 0 Å². The summed E-state index contributed by atoms with van der Waals surface area (Å²) in [4.78, 5) is 41.3. The summed E-state index contributed by atoms with van der Waals surface area (Å²) in [7, 11) is 1.31. The molecule has 0 bridgehead atoms. The Morgan fingerprint density at radius 2 is 1.65 bits per heavy atom. The molecular weight excluding hydrogens is 620 g/mol. The first kappa shape index (κ1) is 33.4. The van der Waals surface area contributed by atoms with E-state index in [4.69, 9.17) is 9.15 Å². The van der Waals surface area contributed by atoms with E-state index in [2.05, 4.69) is 70.9 Å². The number of esters is 1. The van der Waals surface area contributed by atoms with Gasteiger partial charge in [-0.1, -0.05) is 72.8 Å². The zero-order chi connectivity index (χ0) is 34.4. The summed E-state index contributed by atoms with van der Waals surface area (Å²) in [5.74, 6) is -1.30. The van der Waals surface area contributed by atoms with E-state index in [1.165, 1.54) is 30.4 Å². The summed E-state index contributed by atoms with van der Waals surface area (Å²) in [5.41, 5.74) is 5.88. The van der Waals surface area contributed by atoms with Gasteiger partial charge in [0.05, 0.1) is 47.4 Å². The van der Waals surface area contributed by atoms with Crippen molar-refractivity contribution in [3.8, 4) is 0 Å². The molecule has 10 heteroatoms. The van der Waals surface area contributed by atoms with Crippen LogP contribution >= 0.6 is 0 Å². The summed E-state index contributed by atoms with van der Waals surface area (Å²) >= 11 is 0. The summed E-state index contributed by atoms with van der Waals surface area (Å²) < 4.78 is 10.6. The van der Waals surface area contributed by atoms with Crippen LogP contribution in [0.4, 0.5) is 5.69 Å². The second-order valence-corrected chi connectivity index (χ2v) is 12.5. The van der Waals surface area contributed by atoms with Crippen molar-refractivity contribution < 1.29 is 23.7 Å². The fourth-order valence-electron chi connectivity index (χ4n) is 7.36. The standard InChI is InChI=1S/C39H40N4O6/c1-28-34(38(45)48-2)35(29-14-16-33(17-15-29)43(46)47)37(36(40-28)30-18-25-49-26-30)42(27-44)22-9-21-41-23-19-39(20-24-41,31-10-5-3-6-11-31)32-12-7-4-8-13-32/h3-8,10-18,25-27,35,40H,9,19-24H2,1-2H3. The average molecular weight is 661 g/mol. The molecule has 1 fully saturated rings. The normalized spacial score (nSPS) is 17.7. The molecule has 3 aromatic carbocycles. The van der Waals surface area contributed by atoms with E-state index in [0.717, 1.165) is 38.9 Å². The van der Waals surface area contributed by atoms with Crippen molar-refractivity contribution in [3.63, 3.8) is 0 Å². The largest absolute Gasteiger partial charge is 0.472 e. The number of furan rings is 1. The number of likely N-dealkylation sites (tertiary alicyclic amines) is 1. The Balaban J connectivity index is 1.26. The van der Waals surface area contributed by atoms with Crippen LogP contribution in [0.15, 0.2) is 125 Å². The molecule has 0 aliphatic carbocycles. The number of nitro benzene ring substituents is 1. The lowest BCUT2D eigenvalue weighted by Crippen LogP contribution is -2.44. The van der Waals surface area contributed by atoms with Crippen molar-refractivity contribution in [1.82, 2.24) is 15.1 Å². The molecule has 252 valence electrons. The number of rotatable bonds is 12. The first-order valence-corrected chi connectivity index (χ1v) is 16.5. The number of piperidine rings is 1. The molecule has 1 atom stereocenters. The van der Waals surface area contributed by atoms with E-state index in [9.17, 15) is 19.7 Å². The predicted molar refractivity (Wildman–Crippen MR) is 186 cm³/mol. The Morgan fingerprint density at radius 3 is 2.18 bits per heavy atom. The molecule has 1 aromatic heterocycles. The van der Waals surface area contributed by atoms with Crippen LogP contribution < -0.4 is 5.32 Å². The van der Waals surface area contributed by atoms with Crippen LogP contribution in [0.5, 0.6) is 0 Å². The van der Waals surface area contributed by atoms with Gasteiger partial charge in [-0.3, -0.25) is 14.9 Å². The van der Waals surface area contributed by atoms with Crippen LogP contribution in [-0.2, 0) is 19.7 Å². The van der Waals surface area contributed by atoms with Crippen LogP contribution in [0, 0.1) is 10.1 Å². The third kappa shape index (κ3) is 6.77. The topological polar surface area (TPSA) is 118 Å². The first-order valence-electron chi connectivity index (χ1n) is 16.5. The molecule has 4 aromatic rings. The average Bonchev–Trinajstić information content (AvgIpc) is 3.69. The number of amides is 1. The minimum atomic E-state index is -0.739. The first-order chi connectivity index (χ1) is 23.9. The highest BCUT2D eigenvalue weighted by Crippen LogP contribution is 2.44. The molecule has 0 spiro atoms. The quantitative estimate of drug-likeness (QED) is 0.0780. The number of nitrogens with zero attached hydrogens (tertiary/aromatic N) is 3. The van der Waals surface area contributed by atoms with Gasteiger partial charge in [0.1, 0.15) is 0 Å². The van der Waals surface area contributed by atoms with Gasteiger partial charge in [0.15, 0.2) is 0 Å². The third-order valence-electron chi connectivity index (χ3n) is 9.86. The number of hydrogen-bond acceptors (Lipinski definition) is 8. The van der Waals surface area contributed by atoms with E-state index in [1.54, 1.807) is 42.5 Å². The molecule has 0 radical (unpaired) electrons. The van der Waals surface area contributed by atoms with Gasteiger partial charge in [-0.15, -0.1) is 0 Å². The molecule has 3 heterocycles. The number of allylic oxidation sites excluding steroid dienone is 2. The van der Waals surface area contributed by atoms with Crippen LogP contribution in [0.1, 0.15) is 54.4 Å². The number of methoxy groups -OCH3 is 1. The number of benzene rings is 3. The van der Waals surface area contributed by atoms with Gasteiger partial charge in [-0.2, -0.15) is 0 Å². The number of dihydropyridines is 1. The predicted octanol–water partition coefficient (Wildman–Crippen LogP) is 6.62. The lowest BCUT2D eigenvalue weighted by molar-refractivity contribution is -0.384. The molecule has 10 nitrogen and oxygen atoms in total. The minimum Gasteiger partial charge on any atom is -0.472 e. The Kier molecular flexibility index (Phi) is 10.1. The van der Waals surface area contributed by atoms with Crippen molar-refractivity contribution >= 4 is 23.8 Å². The Hall–Kier alpha value is -5.48. The van der Waals surface area contributed by atoms with Crippen LogP contribution in [0.25, 0.3) is 5.70 Å². The zero-order valence-corrected chi connectivity index (χ0v) is 27.7. The molecule has 1 amide bonds. The fourth-order valence-corrected chi connectivity index (χ4v) is 7.36. The molecule has 2 aliphatic rings. The minimum absolute atomic E-state index is 0.0572. The number of nitro groups is 1. The van der Waals surface area contributed by atoms with Gasteiger partial charge in [-0.25, -0.2) is 4.79 Å². The zero-order valence-electron chi connectivity index (χ0n) is 27.7. The van der Waals surface area contributed by atoms with Crippen LogP contribution in [0.3, 0.4) is 0 Å². The fraction of sp³-hybridized carbons (Fsp3) is 0.282. The monoisotopic (exact) mass is 660 g/mol. The van der Waals surface area contributed by atoms with Gasteiger partial charge in [0, 0.05) is 35.4 Å². The van der Waals surface area contributed by atoms with Gasteiger partial charge < -0.3 is 24.3 Å². The highest BCUT2D eigenvalue weighted by Gasteiger charge is 2.39. The molecule has 1 N–H and O–H groups in total. The van der Waals surface area contributed by atoms with E-state index in [-0.39, 0.29) is 11.1 Å². The highest BCUT2D eigenvalue weighted by atomic mass is 16.6. The lowest BCUT2D eigenvalue weighted by Gasteiger charge is -2.43. The number of ether oxygens (including phenoxy) is 1. The van der Waals surface area contributed by atoms with Crippen molar-refractivity contribution in [2.45, 2.75) is 37.5 Å². The molecule has 0 saturated carbocycles. The number of nitrogens with one attached hydrogen (secondary N) is 1. The third-order valence-corrected chi connectivity index (χ3v) is 9.86. The summed E-state index contributed by atoms with van der Waals surface area (Å²) in [6, 6.07) is 29.3. The maximum Gasteiger partial charge on any atom is 0.336 e. The Morgan fingerprint density at radius 1 is 1.02 bits per heavy atom. The second-order valence-electron chi connectivity index (χ2n) is 12.5. The van der Waals surface area contributed by atoms with Crippen LogP contribution in [-0.4, -0.2) is 60.4 Å². The van der Waals surface area contributed by atoms with Crippen molar-refractivity contribution in [2.75, 3.05) is 33.3 Å². The van der Waals surface area contributed by atoms with Crippen molar-refractivity contribution in [1.29, 1.82) is 0 Å². The number of hydrogen-bond donors (Lipinski definition) is 1. The molecule has 1 saturated heterocycles. The Labute approximate surface area is 285 Å². The molecule has 1 unspecified atom stereocenters. The molecule has 2 aliphatic heterocycles. The van der Waals surface area contributed by atoms with Gasteiger partial charge >= 0.3 is 5.97 Å². The lowest BCUT2D eigenvalue weighted by atomic mass is 9.68. The van der Waals surface area contributed by atoms with E-state index < -0.39 is 16.8 Å². The van der Waals surface area contributed by atoms with Gasteiger partial charge in [0.2, 0.25) is 6.41 Å². The summed E-state index contributed by atoms with van der Waals surface area (Å²) in [5, 5.41) is 14.8. The van der Waals surface area contributed by atoms with Crippen LogP contribution in [0.2, 0.25) is 0 Å². The maximum atomic E-state index is 13.3. The van der Waals surface area contributed by atoms with E-state index in [0.29, 0.717) is 46.8 Å². The van der Waals surface area contributed by atoms with Crippen molar-refractivity contribution in [3.05, 3.63) is 153 Å². The second kappa shape index (κ2) is 14.7. The summed E-state index contributed by atoms with van der Waals surface area (Å²) in [6.45, 7) is 4.77. The molecular formula is C39H40N4O6. The smallest absolute Gasteiger partial charge is 0.336 e. The SMILES string of the molecule is COC(=O)C1=C(C)NC(c2ccoc2)=C(N(C=O)CCCN2CCC(c3ccccc3)(c3ccccc3)CC2)C1c1ccc([N+](=O)[O-])cc1. The highest BCUT2D eigenvalue weighted by molar-refractivity contribution is 5.95. The molecule has 6 rings (SSSR count). The van der Waals surface area contributed by atoms with Crippen molar-refractivity contribution in [2.24, 2.45) is 0 Å². The maximum absolute atomic E-state index is 13.3. The number of carbonyl (C=O) groups excluding carboxylic acids is 2. The van der Waals surface area contributed by atoms with Gasteiger partial charge in [-0.05, 0) is 68.6 Å². The number of carbonyl (C=O) groups is 2. The molecule has 49 heavy (non-hydrogen) atoms. The summed E-state index contributed by atoms with van der Waals surface area (Å²) in [6.07, 6.45) is 6.56. The van der Waals surface area contributed by atoms with E-state index >= 15 is 0 Å². The van der Waals surface area contributed by atoms with Gasteiger partial charge in [0.25, 0.3) is 5.69 Å².